The van der Waals surface area contributed by atoms with Crippen molar-refractivity contribution in [1.29, 1.82) is 0 Å². The van der Waals surface area contributed by atoms with E-state index < -0.39 is 0 Å². The van der Waals surface area contributed by atoms with Gasteiger partial charge in [-0.3, -0.25) is 9.59 Å². The van der Waals surface area contributed by atoms with Gasteiger partial charge in [0, 0.05) is 23.7 Å². The Kier molecular flexibility index (Phi) is 1.35. The molecule has 6 bridgehead atoms. The van der Waals surface area contributed by atoms with Gasteiger partial charge in [-0.1, -0.05) is 24.3 Å². The highest BCUT2D eigenvalue weighted by Gasteiger charge is 2.72. The molecule has 6 aliphatic rings. The van der Waals surface area contributed by atoms with Gasteiger partial charge in [-0.05, 0) is 41.9 Å². The van der Waals surface area contributed by atoms with E-state index in [1.165, 1.54) is 6.42 Å². The number of hydrogen-bond donors (Lipinski definition) is 0. The number of carbonyl (C=O) groups is 2. The van der Waals surface area contributed by atoms with E-state index in [9.17, 15) is 9.59 Å². The number of ketones is 2. The van der Waals surface area contributed by atoms with Gasteiger partial charge < -0.3 is 0 Å². The standard InChI is InChI=1S/C17H16O2/c18-16-6-1-2-7(16)13-11-5-10(12(6)13)14-8-3-4-9(15(11)14)17(8)19/h1-4,6-15H,5H2/t6-,7+,8+,9-,10?,11?,12?,13?,14?,15?. The van der Waals surface area contributed by atoms with Crippen LogP contribution in [0, 0.1) is 59.2 Å². The zero-order valence-corrected chi connectivity index (χ0v) is 10.6. The molecule has 4 saturated carbocycles. The monoisotopic (exact) mass is 252 g/mol. The van der Waals surface area contributed by atoms with E-state index in [1.54, 1.807) is 0 Å². The second-order valence-electron chi connectivity index (χ2n) is 7.55. The Morgan fingerprint density at radius 1 is 0.632 bits per heavy atom. The molecule has 6 rings (SSSR count). The summed E-state index contributed by atoms with van der Waals surface area (Å²) in [7, 11) is 0. The molecule has 0 saturated heterocycles. The van der Waals surface area contributed by atoms with Gasteiger partial charge in [-0.25, -0.2) is 0 Å². The average Bonchev–Trinajstić information content (AvgIpc) is 3.19. The lowest BCUT2D eigenvalue weighted by molar-refractivity contribution is -0.121. The summed E-state index contributed by atoms with van der Waals surface area (Å²) in [4.78, 5) is 24.6. The maximum Gasteiger partial charge on any atom is 0.147 e. The number of allylic oxidation sites excluding steroid dienone is 4. The van der Waals surface area contributed by atoms with E-state index in [4.69, 9.17) is 0 Å². The smallest absolute Gasteiger partial charge is 0.147 e. The Balaban J connectivity index is 1.52. The third kappa shape index (κ3) is 0.780. The molecule has 0 aromatic rings. The molecule has 0 radical (unpaired) electrons. The van der Waals surface area contributed by atoms with Crippen molar-refractivity contribution in [2.45, 2.75) is 6.42 Å². The summed E-state index contributed by atoms with van der Waals surface area (Å²) in [5.41, 5.74) is 0. The highest BCUT2D eigenvalue weighted by Crippen LogP contribution is 2.73. The van der Waals surface area contributed by atoms with Crippen molar-refractivity contribution in [3.8, 4) is 0 Å². The molecule has 0 aromatic heterocycles. The largest absolute Gasteiger partial charge is 0.298 e. The number of rotatable bonds is 0. The van der Waals surface area contributed by atoms with Crippen LogP contribution in [0.1, 0.15) is 6.42 Å². The normalized spacial score (nSPS) is 65.5. The van der Waals surface area contributed by atoms with Gasteiger partial charge in [-0.2, -0.15) is 0 Å². The van der Waals surface area contributed by atoms with Gasteiger partial charge in [-0.15, -0.1) is 0 Å². The second-order valence-corrected chi connectivity index (χ2v) is 7.55. The third-order valence-corrected chi connectivity index (χ3v) is 7.44. The second kappa shape index (κ2) is 2.65. The van der Waals surface area contributed by atoms with Crippen LogP contribution >= 0.6 is 0 Å². The summed E-state index contributed by atoms with van der Waals surface area (Å²) in [5.74, 6) is 5.53. The maximum atomic E-state index is 12.3. The number of hydrogen-bond acceptors (Lipinski definition) is 2. The fourth-order valence-corrected chi connectivity index (χ4v) is 7.20. The zero-order valence-electron chi connectivity index (χ0n) is 10.6. The van der Waals surface area contributed by atoms with Crippen molar-refractivity contribution in [3.05, 3.63) is 24.3 Å². The van der Waals surface area contributed by atoms with Gasteiger partial charge in [0.05, 0.1) is 0 Å². The van der Waals surface area contributed by atoms with Crippen molar-refractivity contribution in [2.75, 3.05) is 0 Å². The van der Waals surface area contributed by atoms with Crippen molar-refractivity contribution in [2.24, 2.45) is 59.2 Å². The Bertz CT molecular complexity index is 504. The van der Waals surface area contributed by atoms with Crippen LogP contribution in [0.25, 0.3) is 0 Å². The van der Waals surface area contributed by atoms with Gasteiger partial charge in [0.25, 0.3) is 0 Å². The highest BCUT2D eigenvalue weighted by molar-refractivity contribution is 5.94. The van der Waals surface area contributed by atoms with Crippen LogP contribution in [0.5, 0.6) is 0 Å². The lowest BCUT2D eigenvalue weighted by Crippen LogP contribution is -2.38. The molecule has 0 heterocycles. The van der Waals surface area contributed by atoms with E-state index in [0.717, 1.165) is 0 Å². The van der Waals surface area contributed by atoms with E-state index in [-0.39, 0.29) is 23.7 Å². The summed E-state index contributed by atoms with van der Waals surface area (Å²) in [6.45, 7) is 0. The van der Waals surface area contributed by atoms with Crippen molar-refractivity contribution >= 4 is 11.6 Å². The topological polar surface area (TPSA) is 34.1 Å². The molecular weight excluding hydrogens is 236 g/mol. The molecule has 0 aromatic carbocycles. The summed E-state index contributed by atoms with van der Waals surface area (Å²) in [6, 6.07) is 0. The Hall–Kier alpha value is -1.18. The molecule has 0 N–H and O–H groups in total. The molecular formula is C17H16O2. The molecule has 19 heavy (non-hydrogen) atoms. The Morgan fingerprint density at radius 3 is 1.26 bits per heavy atom. The van der Waals surface area contributed by atoms with E-state index in [0.29, 0.717) is 47.1 Å². The molecule has 0 aliphatic heterocycles. The molecule has 10 atom stereocenters. The first-order valence-corrected chi connectivity index (χ1v) is 7.71. The van der Waals surface area contributed by atoms with Gasteiger partial charge in [0.2, 0.25) is 0 Å². The van der Waals surface area contributed by atoms with E-state index in [1.807, 2.05) is 0 Å². The molecule has 6 aliphatic carbocycles. The summed E-state index contributed by atoms with van der Waals surface area (Å²) in [6.07, 6.45) is 10.0. The van der Waals surface area contributed by atoms with Crippen LogP contribution in [0.15, 0.2) is 24.3 Å². The molecule has 2 heteroatoms. The predicted molar refractivity (Wildman–Crippen MR) is 67.8 cm³/mol. The first-order chi connectivity index (χ1) is 9.27. The van der Waals surface area contributed by atoms with Crippen molar-refractivity contribution in [3.63, 3.8) is 0 Å². The molecule has 2 nitrogen and oxygen atoms in total. The highest BCUT2D eigenvalue weighted by atomic mass is 16.1. The SMILES string of the molecule is O=C1[C@H]2C=C[C@@H]1C1C3CC(C12)C1C3[C@@H]2C=C[C@H]1C2=O. The van der Waals surface area contributed by atoms with E-state index in [2.05, 4.69) is 24.3 Å². The summed E-state index contributed by atoms with van der Waals surface area (Å²) < 4.78 is 0. The van der Waals surface area contributed by atoms with Crippen molar-refractivity contribution < 1.29 is 9.59 Å². The fraction of sp³-hybridized carbons (Fsp3) is 0.647. The zero-order chi connectivity index (χ0) is 12.5. The Morgan fingerprint density at radius 2 is 0.947 bits per heavy atom. The summed E-state index contributed by atoms with van der Waals surface area (Å²) in [5, 5.41) is 0. The van der Waals surface area contributed by atoms with Crippen LogP contribution in [-0.4, -0.2) is 11.6 Å². The van der Waals surface area contributed by atoms with Crippen LogP contribution in [0.4, 0.5) is 0 Å². The fourth-order valence-electron chi connectivity index (χ4n) is 7.20. The maximum absolute atomic E-state index is 12.3. The minimum absolute atomic E-state index is 0.212. The van der Waals surface area contributed by atoms with Crippen LogP contribution in [0.2, 0.25) is 0 Å². The first-order valence-electron chi connectivity index (χ1n) is 7.71. The van der Waals surface area contributed by atoms with Gasteiger partial charge in [0.1, 0.15) is 11.6 Å². The number of carbonyl (C=O) groups excluding carboxylic acids is 2. The molecule has 6 unspecified atom stereocenters. The van der Waals surface area contributed by atoms with Crippen LogP contribution < -0.4 is 0 Å². The number of fused-ring (bicyclic) bond motifs is 16. The van der Waals surface area contributed by atoms with Crippen molar-refractivity contribution in [1.82, 2.24) is 0 Å². The average molecular weight is 252 g/mol. The molecule has 0 spiro atoms. The van der Waals surface area contributed by atoms with Gasteiger partial charge in [0.15, 0.2) is 0 Å². The minimum atomic E-state index is 0.212. The van der Waals surface area contributed by atoms with Gasteiger partial charge >= 0.3 is 0 Å². The molecule has 0 amide bonds. The third-order valence-electron chi connectivity index (χ3n) is 7.44. The lowest BCUT2D eigenvalue weighted by Gasteiger charge is -2.41. The number of Topliss-reactive ketones (excluding diaryl/α,β-unsaturated/α-hetero) is 2. The minimum Gasteiger partial charge on any atom is -0.298 e. The summed E-state index contributed by atoms with van der Waals surface area (Å²) >= 11 is 0. The van der Waals surface area contributed by atoms with Crippen LogP contribution in [-0.2, 0) is 9.59 Å². The van der Waals surface area contributed by atoms with Crippen LogP contribution in [0.3, 0.4) is 0 Å². The van der Waals surface area contributed by atoms with E-state index >= 15 is 0 Å². The molecule has 96 valence electrons. The quantitative estimate of drug-likeness (QED) is 0.487. The lowest BCUT2D eigenvalue weighted by atomic mass is 9.62. The predicted octanol–water partition coefficient (Wildman–Crippen LogP) is 1.87. The first kappa shape index (κ1) is 9.68. The Labute approximate surface area is 111 Å². The molecule has 4 fully saturated rings.